The fraction of sp³-hybridized carbons (Fsp3) is 0.426. The van der Waals surface area contributed by atoms with Crippen LogP contribution in [0.1, 0.15) is 73.9 Å². The Morgan fingerprint density at radius 1 is 0.795 bits per heavy atom. The van der Waals surface area contributed by atoms with Crippen molar-refractivity contribution in [3.8, 4) is 21.9 Å². The average molecular weight is 1130 g/mol. The van der Waals surface area contributed by atoms with E-state index in [9.17, 15) is 42.3 Å². The Labute approximate surface area is 458 Å². The molecule has 0 saturated carbocycles. The first-order valence-corrected chi connectivity index (χ1v) is 26.3. The molecule has 3 aromatic carbocycles. The number of rotatable bonds is 26. The Balaban J connectivity index is 0.785. The molecule has 19 nitrogen and oxygen atoms in total. The van der Waals surface area contributed by atoms with E-state index in [4.69, 9.17) is 35.3 Å². The number of alkyl halides is 3. The molecular weight excluding hydrogens is 1060 g/mol. The van der Waals surface area contributed by atoms with E-state index >= 15 is 0 Å². The molecule has 4 atom stereocenters. The van der Waals surface area contributed by atoms with Gasteiger partial charge in [0.1, 0.15) is 29.3 Å². The number of β-amino-alcohol motifs (C(OH)–C–C–N with tert-alkyl or cyclic N) is 1. The molecule has 420 valence electrons. The summed E-state index contributed by atoms with van der Waals surface area (Å²) >= 11 is 7.20. The third-order valence-electron chi connectivity index (χ3n) is 12.0. The molecule has 2 unspecified atom stereocenters. The number of aliphatic hydroxyl groups is 1. The molecule has 2 aromatic heterocycles. The van der Waals surface area contributed by atoms with Gasteiger partial charge in [-0.15, -0.1) is 11.3 Å². The summed E-state index contributed by atoms with van der Waals surface area (Å²) in [6, 6.07) is 17.0. The van der Waals surface area contributed by atoms with Crippen molar-refractivity contribution in [3.05, 3.63) is 118 Å². The molecule has 6 rings (SSSR count). The van der Waals surface area contributed by atoms with E-state index in [2.05, 4.69) is 36.6 Å². The van der Waals surface area contributed by atoms with Gasteiger partial charge in [-0.1, -0.05) is 56.6 Å². The quantitative estimate of drug-likeness (QED) is 0.0287. The van der Waals surface area contributed by atoms with Crippen LogP contribution in [0.2, 0.25) is 5.02 Å². The number of aryl methyl sites for hydroxylation is 1. The van der Waals surface area contributed by atoms with Crippen molar-refractivity contribution < 1.29 is 65.9 Å². The number of aliphatic hydroxyl groups excluding tert-OH is 1. The summed E-state index contributed by atoms with van der Waals surface area (Å²) in [6.07, 6.45) is -4.12. The van der Waals surface area contributed by atoms with Crippen LogP contribution in [0.4, 0.5) is 29.3 Å². The molecule has 0 radical (unpaired) electrons. The highest BCUT2D eigenvalue weighted by Crippen LogP contribution is 2.36. The number of nitrogens with zero attached hydrogens (tertiary/aromatic N) is 3. The van der Waals surface area contributed by atoms with Gasteiger partial charge in [-0.05, 0) is 78.9 Å². The number of carbonyl (C=O) groups is 5. The first-order chi connectivity index (χ1) is 37.2. The first-order valence-electron chi connectivity index (χ1n) is 25.0. The van der Waals surface area contributed by atoms with E-state index in [1.807, 2.05) is 58.9 Å². The van der Waals surface area contributed by atoms with Crippen LogP contribution in [0.5, 0.6) is 11.5 Å². The minimum Gasteiger partial charge on any atom is -0.457 e. The summed E-state index contributed by atoms with van der Waals surface area (Å²) < 4.78 is 67.6. The normalized spacial score (nSPS) is 15.3. The zero-order valence-corrected chi connectivity index (χ0v) is 45.3. The van der Waals surface area contributed by atoms with Crippen molar-refractivity contribution in [1.82, 2.24) is 30.8 Å². The molecule has 3 heterocycles. The summed E-state index contributed by atoms with van der Waals surface area (Å²) in [5.41, 5.74) is 3.21. The number of pyridine rings is 1. The number of aromatic nitrogens is 2. The van der Waals surface area contributed by atoms with Crippen LogP contribution in [0.3, 0.4) is 0 Å². The molecular formula is C54H64ClF3N8O11S. The van der Waals surface area contributed by atoms with Crippen molar-refractivity contribution in [2.24, 2.45) is 5.41 Å². The maximum absolute atomic E-state index is 14.0. The Bertz CT molecular complexity index is 2800. The molecule has 24 heteroatoms. The van der Waals surface area contributed by atoms with Crippen LogP contribution in [0, 0.1) is 12.3 Å². The first kappa shape index (κ1) is 60.5. The second kappa shape index (κ2) is 28.8. The van der Waals surface area contributed by atoms with Gasteiger partial charge < -0.3 is 60.3 Å². The summed E-state index contributed by atoms with van der Waals surface area (Å²) in [5, 5.41) is 23.5. The number of hydrogen-bond acceptors (Lipinski definition) is 14. The molecule has 0 aliphatic carbocycles. The highest BCUT2D eigenvalue weighted by molar-refractivity contribution is 7.13. The number of ether oxygens (including phenoxy) is 5. The molecule has 6 amide bonds. The van der Waals surface area contributed by atoms with Crippen molar-refractivity contribution in [1.29, 1.82) is 0 Å². The van der Waals surface area contributed by atoms with E-state index in [0.29, 0.717) is 30.4 Å². The number of likely N-dealkylation sites (tertiary alicyclic amines) is 1. The topological polar surface area (TPSA) is 241 Å². The van der Waals surface area contributed by atoms with Gasteiger partial charge in [-0.3, -0.25) is 24.2 Å². The van der Waals surface area contributed by atoms with Gasteiger partial charge >= 0.3 is 12.2 Å². The number of benzene rings is 3. The summed E-state index contributed by atoms with van der Waals surface area (Å²) in [7, 11) is 0. The van der Waals surface area contributed by atoms with Crippen LogP contribution in [0.25, 0.3) is 10.4 Å². The van der Waals surface area contributed by atoms with Crippen molar-refractivity contribution in [2.75, 3.05) is 76.6 Å². The molecule has 1 aliphatic heterocycles. The summed E-state index contributed by atoms with van der Waals surface area (Å²) in [5.74, 6) is -1.01. The zero-order chi connectivity index (χ0) is 56.4. The number of carbonyl (C=O) groups excluding carboxylic acids is 5. The predicted octanol–water partition coefficient (Wildman–Crippen LogP) is 8.18. The van der Waals surface area contributed by atoms with E-state index in [-0.39, 0.29) is 88.9 Å². The standard InChI is InChI=1S/C54H64ClF3N8O11S/c1-33(35-6-8-36(9-7-35)47-34(2)61-32-78-47)62-50(70)45-29-39(67)31-66(45)51(71)48(53(3,4)5)65-46(68)17-20-73-22-24-75-26-27-76-25-23-74-21-19-60-49(69)44-30-41(16-18-59-44)77-40-13-10-37(11-14-40)63-52(72)64-38-12-15-43(55)42(28-38)54(56,57)58/h6-16,18,28,30,32-33,39,45,48,67H,17,19-27,29,31H2,1-5H3,(H,60,69)(H,62,70)(H,65,68)(H2,63,64,72)/t33-,39+,45?,48?/m0/s1. The molecule has 6 N–H and O–H groups in total. The number of anilines is 2. The Morgan fingerprint density at radius 3 is 2.05 bits per heavy atom. The smallest absolute Gasteiger partial charge is 0.417 e. The van der Waals surface area contributed by atoms with Crippen molar-refractivity contribution >= 4 is 64.0 Å². The van der Waals surface area contributed by atoms with Crippen LogP contribution in [-0.2, 0) is 39.5 Å². The van der Waals surface area contributed by atoms with Crippen LogP contribution in [-0.4, -0.2) is 134 Å². The second-order valence-corrected chi connectivity index (χ2v) is 20.4. The number of amides is 6. The largest absolute Gasteiger partial charge is 0.457 e. The lowest BCUT2D eigenvalue weighted by Crippen LogP contribution is -2.58. The van der Waals surface area contributed by atoms with Crippen molar-refractivity contribution in [2.45, 2.75) is 77.9 Å². The van der Waals surface area contributed by atoms with Gasteiger partial charge in [0.2, 0.25) is 17.7 Å². The van der Waals surface area contributed by atoms with E-state index in [1.54, 1.807) is 35.0 Å². The highest BCUT2D eigenvalue weighted by atomic mass is 35.5. The van der Waals surface area contributed by atoms with Gasteiger partial charge in [-0.2, -0.15) is 13.2 Å². The minimum atomic E-state index is -4.69. The Kier molecular flexibility index (Phi) is 22.3. The Hall–Kier alpha value is -6.73. The number of hydrogen-bond donors (Lipinski definition) is 6. The fourth-order valence-corrected chi connectivity index (χ4v) is 8.99. The van der Waals surface area contributed by atoms with Gasteiger partial charge in [0.05, 0.1) is 91.7 Å². The SMILES string of the molecule is Cc1ncsc1-c1ccc([C@H](C)NC(=O)C2C[C@@H](O)CN2C(=O)C(NC(=O)CCOCCOCCOCCOCCNC(=O)c2cc(Oc3ccc(NC(=O)Nc4ccc(Cl)c(C(F)(F)F)c4)cc3)ccn2)C(C)(C)C)cc1. The van der Waals surface area contributed by atoms with Crippen LogP contribution < -0.4 is 31.3 Å². The highest BCUT2D eigenvalue weighted by Gasteiger charge is 2.45. The van der Waals surface area contributed by atoms with E-state index < -0.39 is 64.1 Å². The van der Waals surface area contributed by atoms with Gasteiger partial charge in [0, 0.05) is 49.6 Å². The molecule has 1 fully saturated rings. The number of thiazole rings is 1. The molecule has 0 spiro atoms. The lowest BCUT2D eigenvalue weighted by atomic mass is 9.85. The molecule has 78 heavy (non-hydrogen) atoms. The monoisotopic (exact) mass is 1120 g/mol. The van der Waals surface area contributed by atoms with Crippen LogP contribution >= 0.6 is 22.9 Å². The fourth-order valence-electron chi connectivity index (χ4n) is 7.96. The van der Waals surface area contributed by atoms with Gasteiger partial charge in [0.25, 0.3) is 5.91 Å². The van der Waals surface area contributed by atoms with E-state index in [1.165, 1.54) is 35.4 Å². The third-order valence-corrected chi connectivity index (χ3v) is 13.3. The molecule has 1 saturated heterocycles. The van der Waals surface area contributed by atoms with E-state index in [0.717, 1.165) is 33.8 Å². The van der Waals surface area contributed by atoms with Gasteiger partial charge in [0.15, 0.2) is 0 Å². The molecule has 1 aliphatic rings. The second-order valence-electron chi connectivity index (χ2n) is 19.1. The Morgan fingerprint density at radius 2 is 1.42 bits per heavy atom. The molecule has 0 bridgehead atoms. The summed E-state index contributed by atoms with van der Waals surface area (Å²) in [6.45, 7) is 11.4. The van der Waals surface area contributed by atoms with Crippen LogP contribution in [0.15, 0.2) is 90.6 Å². The average Bonchev–Trinajstić information content (AvgIpc) is 4.02. The predicted molar refractivity (Wildman–Crippen MR) is 286 cm³/mol. The third kappa shape index (κ3) is 18.5. The maximum atomic E-state index is 14.0. The number of urea groups is 1. The minimum absolute atomic E-state index is 0.0141. The number of nitrogens with one attached hydrogen (secondary N) is 5. The lowest BCUT2D eigenvalue weighted by Gasteiger charge is -2.35. The molecule has 5 aromatic rings. The maximum Gasteiger partial charge on any atom is 0.417 e. The van der Waals surface area contributed by atoms with Crippen molar-refractivity contribution in [3.63, 3.8) is 0 Å². The zero-order valence-electron chi connectivity index (χ0n) is 43.7. The lowest BCUT2D eigenvalue weighted by molar-refractivity contribution is -0.144. The number of halogens is 4. The summed E-state index contributed by atoms with van der Waals surface area (Å²) in [4.78, 5) is 76.7. The van der Waals surface area contributed by atoms with Gasteiger partial charge in [-0.25, -0.2) is 9.78 Å².